The fraction of sp³-hybridized carbons (Fsp3) is 0.981. The van der Waals surface area contributed by atoms with Gasteiger partial charge in [-0.2, -0.15) is 0 Å². The molecule has 0 atom stereocenters. The van der Waals surface area contributed by atoms with Crippen molar-refractivity contribution in [2.75, 3.05) is 0 Å². The molecular formula is C54H109. The molecule has 0 amide bonds. The minimum Gasteiger partial charge on any atom is -0.0654 e. The van der Waals surface area contributed by atoms with Crippen molar-refractivity contribution in [3.05, 3.63) is 6.42 Å². The molecule has 0 saturated heterocycles. The number of unbranched alkanes of at least 4 members (excludes halogenated alkanes) is 51. The summed E-state index contributed by atoms with van der Waals surface area (Å²) in [5.74, 6) is 0. The van der Waals surface area contributed by atoms with E-state index in [0.717, 1.165) is 0 Å². The van der Waals surface area contributed by atoms with Crippen LogP contribution in [0.1, 0.15) is 341 Å². The zero-order chi connectivity index (χ0) is 38.8. The quantitative estimate of drug-likeness (QED) is 0.0542. The van der Waals surface area contributed by atoms with Crippen LogP contribution in [0.5, 0.6) is 0 Å². The van der Waals surface area contributed by atoms with Crippen molar-refractivity contribution in [3.63, 3.8) is 0 Å². The van der Waals surface area contributed by atoms with Gasteiger partial charge in [-0.25, -0.2) is 0 Å². The van der Waals surface area contributed by atoms with Gasteiger partial charge in [0.25, 0.3) is 0 Å². The third-order valence-corrected chi connectivity index (χ3v) is 12.8. The van der Waals surface area contributed by atoms with E-state index in [2.05, 4.69) is 20.3 Å². The molecule has 0 aliphatic carbocycles. The van der Waals surface area contributed by atoms with Crippen LogP contribution < -0.4 is 0 Å². The summed E-state index contributed by atoms with van der Waals surface area (Å²) in [7, 11) is 0. The van der Waals surface area contributed by atoms with E-state index in [-0.39, 0.29) is 0 Å². The summed E-state index contributed by atoms with van der Waals surface area (Å²) in [5, 5.41) is 0. The maximum Gasteiger partial charge on any atom is -0.0386 e. The van der Waals surface area contributed by atoms with Crippen molar-refractivity contribution in [2.45, 2.75) is 341 Å². The fourth-order valence-corrected chi connectivity index (χ4v) is 8.82. The summed E-state index contributed by atoms with van der Waals surface area (Å²) in [6.07, 6.45) is 77.9. The molecule has 0 heterocycles. The molecule has 0 N–H and O–H groups in total. The zero-order valence-corrected chi connectivity index (χ0v) is 38.6. The van der Waals surface area contributed by atoms with Gasteiger partial charge < -0.3 is 0 Å². The molecule has 0 aliphatic heterocycles. The molecule has 0 unspecified atom stereocenters. The van der Waals surface area contributed by atoms with Gasteiger partial charge in [-0.05, 0) is 6.42 Å². The third kappa shape index (κ3) is 52.0. The molecule has 0 rings (SSSR count). The van der Waals surface area contributed by atoms with Gasteiger partial charge in [0.2, 0.25) is 0 Å². The maximum absolute atomic E-state index is 2.61. The van der Waals surface area contributed by atoms with Crippen LogP contribution >= 0.6 is 0 Å². The Hall–Kier alpha value is 0. The predicted octanol–water partition coefficient (Wildman–Crippen LogP) is 21.1. The van der Waals surface area contributed by atoms with Crippen LogP contribution in [0, 0.1) is 6.42 Å². The SMILES string of the molecule is CCCCCCCCCCCCCCCCCCCCCCCCCC[CH]CCCCCCCCCCCCCCCCCCCCCCCCCCC. The van der Waals surface area contributed by atoms with Gasteiger partial charge in [-0.15, -0.1) is 0 Å². The molecular weight excluding hydrogens is 649 g/mol. The van der Waals surface area contributed by atoms with Crippen LogP contribution in [0.25, 0.3) is 0 Å². The van der Waals surface area contributed by atoms with E-state index in [1.807, 2.05) is 0 Å². The maximum atomic E-state index is 2.61. The highest BCUT2D eigenvalue weighted by molar-refractivity contribution is 4.65. The topological polar surface area (TPSA) is 0 Å². The highest BCUT2D eigenvalue weighted by Crippen LogP contribution is 2.19. The molecule has 0 nitrogen and oxygen atoms in total. The third-order valence-electron chi connectivity index (χ3n) is 12.8. The van der Waals surface area contributed by atoms with Gasteiger partial charge in [0.05, 0.1) is 0 Å². The monoisotopic (exact) mass is 758 g/mol. The number of hydrogen-bond acceptors (Lipinski definition) is 0. The first kappa shape index (κ1) is 54.0. The average molecular weight is 758 g/mol. The van der Waals surface area contributed by atoms with E-state index in [0.29, 0.717) is 0 Å². The molecule has 1 radical (unpaired) electrons. The molecule has 0 aromatic heterocycles. The second-order valence-electron chi connectivity index (χ2n) is 18.5. The minimum absolute atomic E-state index is 1.37. The fourth-order valence-electron chi connectivity index (χ4n) is 8.82. The smallest absolute Gasteiger partial charge is 0.0386 e. The second kappa shape index (κ2) is 53.0. The van der Waals surface area contributed by atoms with Gasteiger partial charge in [0.1, 0.15) is 0 Å². The van der Waals surface area contributed by atoms with Gasteiger partial charge in [-0.3, -0.25) is 0 Å². The lowest BCUT2D eigenvalue weighted by Gasteiger charge is -2.05. The van der Waals surface area contributed by atoms with Crippen LogP contribution in [0.15, 0.2) is 0 Å². The summed E-state index contributed by atoms with van der Waals surface area (Å²) >= 11 is 0. The van der Waals surface area contributed by atoms with Crippen molar-refractivity contribution in [1.29, 1.82) is 0 Å². The molecule has 0 aromatic rings. The van der Waals surface area contributed by atoms with Crippen LogP contribution in [0.2, 0.25) is 0 Å². The van der Waals surface area contributed by atoms with Gasteiger partial charge in [0, 0.05) is 0 Å². The molecule has 325 valence electrons. The number of rotatable bonds is 51. The Labute approximate surface area is 346 Å². The highest BCUT2D eigenvalue weighted by Gasteiger charge is 1.99. The standard InChI is InChI=1S/C54H109/c1-3-5-7-9-11-13-15-17-19-21-23-25-27-29-31-33-35-37-39-41-43-45-47-49-51-53-54-52-50-48-46-44-42-40-38-36-34-32-30-28-26-24-22-20-18-16-14-12-10-8-6-4-2/h53H,3-52,54H2,1-2H3. The zero-order valence-electron chi connectivity index (χ0n) is 38.6. The van der Waals surface area contributed by atoms with E-state index in [4.69, 9.17) is 0 Å². The summed E-state index contributed by atoms with van der Waals surface area (Å²) in [6.45, 7) is 4.62. The summed E-state index contributed by atoms with van der Waals surface area (Å²) < 4.78 is 0. The van der Waals surface area contributed by atoms with Gasteiger partial charge >= 0.3 is 0 Å². The van der Waals surface area contributed by atoms with Crippen molar-refractivity contribution in [3.8, 4) is 0 Å². The molecule has 0 saturated carbocycles. The lowest BCUT2D eigenvalue weighted by molar-refractivity contribution is 0.515. The first-order chi connectivity index (χ1) is 26.9. The van der Waals surface area contributed by atoms with E-state index < -0.39 is 0 Å². The van der Waals surface area contributed by atoms with Gasteiger partial charge in [-0.1, -0.05) is 341 Å². The molecule has 54 heavy (non-hydrogen) atoms. The van der Waals surface area contributed by atoms with Crippen LogP contribution in [-0.2, 0) is 0 Å². The lowest BCUT2D eigenvalue weighted by atomic mass is 10.0. The minimum atomic E-state index is 1.37. The Morgan fingerprint density at radius 1 is 0.148 bits per heavy atom. The molecule has 0 heteroatoms. The van der Waals surface area contributed by atoms with Crippen molar-refractivity contribution in [2.24, 2.45) is 0 Å². The lowest BCUT2D eigenvalue weighted by Crippen LogP contribution is -1.85. The largest absolute Gasteiger partial charge is 0.0654 e. The van der Waals surface area contributed by atoms with Crippen LogP contribution in [-0.4, -0.2) is 0 Å². The Bertz CT molecular complexity index is 541. The van der Waals surface area contributed by atoms with E-state index in [1.54, 1.807) is 0 Å². The summed E-state index contributed by atoms with van der Waals surface area (Å²) in [6, 6.07) is 0. The Morgan fingerprint density at radius 3 is 0.389 bits per heavy atom. The molecule has 0 spiro atoms. The van der Waals surface area contributed by atoms with E-state index in [1.165, 1.54) is 327 Å². The highest BCUT2D eigenvalue weighted by atomic mass is 14.1. The molecule has 0 fully saturated rings. The average Bonchev–Trinajstić information content (AvgIpc) is 3.18. The second-order valence-corrected chi connectivity index (χ2v) is 18.5. The number of hydrogen-bond donors (Lipinski definition) is 0. The van der Waals surface area contributed by atoms with Crippen LogP contribution in [0.3, 0.4) is 0 Å². The van der Waals surface area contributed by atoms with E-state index >= 15 is 0 Å². The summed E-state index contributed by atoms with van der Waals surface area (Å²) in [5.41, 5.74) is 0. The van der Waals surface area contributed by atoms with Gasteiger partial charge in [0.15, 0.2) is 0 Å². The normalized spacial score (nSPS) is 11.7. The summed E-state index contributed by atoms with van der Waals surface area (Å²) in [4.78, 5) is 0. The van der Waals surface area contributed by atoms with E-state index in [9.17, 15) is 0 Å². The Kier molecular flexibility index (Phi) is 53.0. The molecule has 0 aliphatic rings. The Morgan fingerprint density at radius 2 is 0.259 bits per heavy atom. The van der Waals surface area contributed by atoms with Crippen molar-refractivity contribution in [1.82, 2.24) is 0 Å². The van der Waals surface area contributed by atoms with Crippen molar-refractivity contribution >= 4 is 0 Å². The van der Waals surface area contributed by atoms with Crippen molar-refractivity contribution < 1.29 is 0 Å². The molecule has 0 bridgehead atoms. The van der Waals surface area contributed by atoms with Crippen LogP contribution in [0.4, 0.5) is 0 Å². The predicted molar refractivity (Wildman–Crippen MR) is 251 cm³/mol. The first-order valence-corrected chi connectivity index (χ1v) is 26.7. The first-order valence-electron chi connectivity index (χ1n) is 26.7. The Balaban J connectivity index is 3.05. The molecule has 0 aromatic carbocycles.